The summed E-state index contributed by atoms with van der Waals surface area (Å²) in [5.74, 6) is -0.587. The second-order valence-corrected chi connectivity index (χ2v) is 5.87. The lowest BCUT2D eigenvalue weighted by molar-refractivity contribution is -0.115. The minimum absolute atomic E-state index is 0.0697. The van der Waals surface area contributed by atoms with E-state index in [-0.39, 0.29) is 28.0 Å². The molecule has 0 saturated carbocycles. The molecule has 0 aliphatic heterocycles. The van der Waals surface area contributed by atoms with Crippen molar-refractivity contribution in [2.24, 2.45) is 5.73 Å². The van der Waals surface area contributed by atoms with Crippen molar-refractivity contribution in [3.8, 4) is 11.5 Å². The molecule has 11 heteroatoms. The molecule has 0 bridgehead atoms. The van der Waals surface area contributed by atoms with E-state index in [1.54, 1.807) is 6.07 Å². The molecule has 138 valence electrons. The van der Waals surface area contributed by atoms with E-state index in [2.05, 4.69) is 15.3 Å². The SMILES string of the molecule is COc1ccc(C(=O)Nc2c(N)nc(SCC(N)=O)[nH]c2=O)cc1OC. The Bertz CT molecular complexity index is 898. The van der Waals surface area contributed by atoms with E-state index in [0.29, 0.717) is 11.5 Å². The Kier molecular flexibility index (Phi) is 6.07. The molecule has 0 fully saturated rings. The number of ether oxygens (including phenoxy) is 2. The van der Waals surface area contributed by atoms with E-state index in [1.165, 1.54) is 26.4 Å². The predicted octanol–water partition coefficient (Wildman–Crippen LogP) is 0.199. The molecule has 1 aromatic carbocycles. The Morgan fingerprint density at radius 3 is 2.54 bits per heavy atom. The van der Waals surface area contributed by atoms with Crippen LogP contribution in [-0.2, 0) is 4.79 Å². The van der Waals surface area contributed by atoms with Gasteiger partial charge in [0.2, 0.25) is 5.91 Å². The molecule has 10 nitrogen and oxygen atoms in total. The first-order valence-corrected chi connectivity index (χ1v) is 8.18. The maximum absolute atomic E-state index is 12.4. The molecule has 26 heavy (non-hydrogen) atoms. The summed E-state index contributed by atoms with van der Waals surface area (Å²) in [5, 5.41) is 2.53. The van der Waals surface area contributed by atoms with Gasteiger partial charge in [-0.1, -0.05) is 11.8 Å². The van der Waals surface area contributed by atoms with E-state index in [0.717, 1.165) is 11.8 Å². The average molecular weight is 379 g/mol. The number of carbonyl (C=O) groups is 2. The number of nitrogens with one attached hydrogen (secondary N) is 2. The van der Waals surface area contributed by atoms with E-state index >= 15 is 0 Å². The molecule has 0 saturated heterocycles. The van der Waals surface area contributed by atoms with Gasteiger partial charge < -0.3 is 26.3 Å². The molecule has 1 aromatic heterocycles. The number of H-pyrrole nitrogens is 1. The van der Waals surface area contributed by atoms with Crippen LogP contribution in [0.5, 0.6) is 11.5 Å². The highest BCUT2D eigenvalue weighted by molar-refractivity contribution is 7.99. The fourth-order valence-electron chi connectivity index (χ4n) is 1.96. The molecule has 0 aliphatic rings. The number of rotatable bonds is 7. The van der Waals surface area contributed by atoms with Crippen LogP contribution in [0.2, 0.25) is 0 Å². The minimum Gasteiger partial charge on any atom is -0.493 e. The fraction of sp³-hybridized carbons (Fsp3) is 0.200. The lowest BCUT2D eigenvalue weighted by Crippen LogP contribution is -2.23. The van der Waals surface area contributed by atoms with Gasteiger partial charge in [-0.05, 0) is 18.2 Å². The highest BCUT2D eigenvalue weighted by atomic mass is 32.2. The van der Waals surface area contributed by atoms with Crippen molar-refractivity contribution >= 4 is 35.1 Å². The van der Waals surface area contributed by atoms with Crippen LogP contribution in [0.1, 0.15) is 10.4 Å². The smallest absolute Gasteiger partial charge is 0.277 e. The molecule has 0 atom stereocenters. The molecule has 2 aromatic rings. The molecule has 0 aliphatic carbocycles. The molecule has 6 N–H and O–H groups in total. The van der Waals surface area contributed by atoms with Gasteiger partial charge in [0, 0.05) is 5.56 Å². The van der Waals surface area contributed by atoms with Gasteiger partial charge in [-0.15, -0.1) is 0 Å². The summed E-state index contributed by atoms with van der Waals surface area (Å²) in [6.07, 6.45) is 0. The molecule has 0 radical (unpaired) electrons. The summed E-state index contributed by atoms with van der Waals surface area (Å²) >= 11 is 0.926. The predicted molar refractivity (Wildman–Crippen MR) is 96.7 cm³/mol. The van der Waals surface area contributed by atoms with Gasteiger partial charge in [0.05, 0.1) is 20.0 Å². The Balaban J connectivity index is 2.24. The van der Waals surface area contributed by atoms with Crippen molar-refractivity contribution in [1.29, 1.82) is 0 Å². The van der Waals surface area contributed by atoms with Crippen LogP contribution in [0.3, 0.4) is 0 Å². The quantitative estimate of drug-likeness (QED) is 0.391. The number of amides is 2. The maximum Gasteiger partial charge on any atom is 0.277 e. The molecule has 0 spiro atoms. The van der Waals surface area contributed by atoms with Crippen molar-refractivity contribution in [2.75, 3.05) is 31.0 Å². The zero-order valence-electron chi connectivity index (χ0n) is 14.0. The largest absolute Gasteiger partial charge is 0.493 e. The van der Waals surface area contributed by atoms with E-state index < -0.39 is 17.4 Å². The highest BCUT2D eigenvalue weighted by Gasteiger charge is 2.16. The third-order valence-corrected chi connectivity index (χ3v) is 4.06. The Labute approximate surface area is 152 Å². The Hall–Kier alpha value is -3.21. The summed E-state index contributed by atoms with van der Waals surface area (Å²) in [6, 6.07) is 4.53. The standard InChI is InChI=1S/C15H17N5O5S/c1-24-8-4-3-7(5-9(8)25-2)13(22)18-11-12(17)19-15(20-14(11)23)26-6-10(16)21/h3-5H,6H2,1-2H3,(H2,16,21)(H,18,22)(H3,17,19,20,23). The van der Waals surface area contributed by atoms with Crippen LogP contribution in [0.4, 0.5) is 11.5 Å². The number of anilines is 2. The zero-order valence-corrected chi connectivity index (χ0v) is 14.8. The van der Waals surface area contributed by atoms with Gasteiger partial charge in [-0.3, -0.25) is 19.4 Å². The molecule has 2 rings (SSSR count). The highest BCUT2D eigenvalue weighted by Crippen LogP contribution is 2.28. The summed E-state index contributed by atoms with van der Waals surface area (Å²) in [6.45, 7) is 0. The molecule has 2 amide bonds. The van der Waals surface area contributed by atoms with Crippen LogP contribution >= 0.6 is 11.8 Å². The lowest BCUT2D eigenvalue weighted by Gasteiger charge is -2.11. The number of aromatic nitrogens is 2. The number of methoxy groups -OCH3 is 2. The molecule has 1 heterocycles. The lowest BCUT2D eigenvalue weighted by atomic mass is 10.2. The Morgan fingerprint density at radius 1 is 1.27 bits per heavy atom. The fourth-order valence-corrected chi connectivity index (χ4v) is 2.57. The van der Waals surface area contributed by atoms with Gasteiger partial charge >= 0.3 is 0 Å². The van der Waals surface area contributed by atoms with Crippen LogP contribution in [-0.4, -0.2) is 41.8 Å². The van der Waals surface area contributed by atoms with E-state index in [1.807, 2.05) is 0 Å². The van der Waals surface area contributed by atoms with Gasteiger partial charge in [-0.2, -0.15) is 0 Å². The summed E-state index contributed by atoms with van der Waals surface area (Å²) in [5.41, 5.74) is 10.1. The van der Waals surface area contributed by atoms with Gasteiger partial charge in [0.1, 0.15) is 5.69 Å². The van der Waals surface area contributed by atoms with Crippen molar-refractivity contribution in [3.05, 3.63) is 34.1 Å². The molecule has 0 unspecified atom stereocenters. The van der Waals surface area contributed by atoms with Crippen LogP contribution in [0, 0.1) is 0 Å². The molecular weight excluding hydrogens is 362 g/mol. The Morgan fingerprint density at radius 2 is 1.96 bits per heavy atom. The summed E-state index contributed by atoms with van der Waals surface area (Å²) in [7, 11) is 2.91. The second kappa shape index (κ2) is 8.25. The first kappa shape index (κ1) is 19.1. The normalized spacial score (nSPS) is 10.2. The van der Waals surface area contributed by atoms with Crippen molar-refractivity contribution in [1.82, 2.24) is 9.97 Å². The molecular formula is C15H17N5O5S. The van der Waals surface area contributed by atoms with Crippen molar-refractivity contribution in [2.45, 2.75) is 5.16 Å². The number of carbonyl (C=O) groups excluding carboxylic acids is 2. The topological polar surface area (TPSA) is 162 Å². The maximum atomic E-state index is 12.4. The first-order chi connectivity index (χ1) is 12.3. The zero-order chi connectivity index (χ0) is 19.3. The number of thioether (sulfide) groups is 1. The monoisotopic (exact) mass is 379 g/mol. The third-order valence-electron chi connectivity index (χ3n) is 3.16. The van der Waals surface area contributed by atoms with Gasteiger partial charge in [0.25, 0.3) is 11.5 Å². The van der Waals surface area contributed by atoms with Gasteiger partial charge in [-0.25, -0.2) is 4.98 Å². The third kappa shape index (κ3) is 4.45. The number of nitrogen functional groups attached to an aromatic ring is 1. The van der Waals surface area contributed by atoms with Crippen molar-refractivity contribution in [3.63, 3.8) is 0 Å². The average Bonchev–Trinajstić information content (AvgIpc) is 2.62. The van der Waals surface area contributed by atoms with Crippen LogP contribution < -0.4 is 31.8 Å². The number of hydrogen-bond acceptors (Lipinski definition) is 8. The second-order valence-electron chi connectivity index (χ2n) is 4.91. The number of nitrogens with zero attached hydrogens (tertiary/aromatic N) is 1. The summed E-state index contributed by atoms with van der Waals surface area (Å²) in [4.78, 5) is 41.6. The number of primary amides is 1. The number of hydrogen-bond donors (Lipinski definition) is 4. The summed E-state index contributed by atoms with van der Waals surface area (Å²) < 4.78 is 10.2. The number of nitrogens with two attached hydrogens (primary N) is 2. The minimum atomic E-state index is -0.654. The number of aromatic amines is 1. The number of benzene rings is 1. The van der Waals surface area contributed by atoms with Crippen molar-refractivity contribution < 1.29 is 19.1 Å². The van der Waals surface area contributed by atoms with E-state index in [4.69, 9.17) is 20.9 Å². The van der Waals surface area contributed by atoms with Crippen LogP contribution in [0.25, 0.3) is 0 Å². The van der Waals surface area contributed by atoms with E-state index in [9.17, 15) is 14.4 Å². The van der Waals surface area contributed by atoms with Gasteiger partial charge in [0.15, 0.2) is 22.5 Å². The van der Waals surface area contributed by atoms with Crippen LogP contribution in [0.15, 0.2) is 28.2 Å². The first-order valence-electron chi connectivity index (χ1n) is 7.20.